The number of nitrogens with two attached hydrogens (primary N) is 4. The number of carbonyl (C=O) groups is 4. The van der Waals surface area contributed by atoms with Crippen molar-refractivity contribution in [3.63, 3.8) is 0 Å². The minimum Gasteiger partial charge on any atom is -0.480 e. The number of aliphatic carboxylic acids is 1. The Morgan fingerprint density at radius 2 is 1.70 bits per heavy atom. The SMILES string of the molecule is C.CCCC(=O)OCC(Oc1ccc(F)c(C(N)=O)c1F)c1nc(-c2ccc(C(F)(F)F)cc2)c(Br)o1.COC=O.NC(N)=[NH+]CCCC(N)C(=O)O. The highest BCUT2D eigenvalue weighted by Crippen LogP contribution is 2.36. The Labute approximate surface area is 309 Å². The molecule has 0 radical (unpaired) electrons. The van der Waals surface area contributed by atoms with Crippen LogP contribution >= 0.6 is 15.9 Å². The Bertz CT molecular complexity index is 1670. The van der Waals surface area contributed by atoms with E-state index in [1.165, 1.54) is 19.2 Å². The summed E-state index contributed by atoms with van der Waals surface area (Å²) in [5, 5.41) is 8.39. The average Bonchev–Trinajstić information content (AvgIpc) is 3.46. The molecule has 2 unspecified atom stereocenters. The number of methoxy groups -OCH3 is 1. The monoisotopic (exact) mass is 827 g/mol. The molecule has 2 aromatic carbocycles. The lowest BCUT2D eigenvalue weighted by Crippen LogP contribution is -2.78. The Kier molecular flexibility index (Phi) is 21.0. The number of alkyl halides is 3. The van der Waals surface area contributed by atoms with Gasteiger partial charge >= 0.3 is 24.1 Å². The number of hydrogen-bond acceptors (Lipinski definition) is 10. The molecule has 0 spiro atoms. The van der Waals surface area contributed by atoms with Crippen molar-refractivity contribution < 1.29 is 69.9 Å². The summed E-state index contributed by atoms with van der Waals surface area (Å²) in [5.74, 6) is -6.26. The van der Waals surface area contributed by atoms with Crippen molar-refractivity contribution >= 4 is 46.2 Å². The van der Waals surface area contributed by atoms with Crippen LogP contribution in [0.5, 0.6) is 5.75 Å². The summed E-state index contributed by atoms with van der Waals surface area (Å²) in [4.78, 5) is 49.4. The average molecular weight is 829 g/mol. The zero-order chi connectivity index (χ0) is 39.6. The molecule has 15 nitrogen and oxygen atoms in total. The Morgan fingerprint density at radius 1 is 1.09 bits per heavy atom. The van der Waals surface area contributed by atoms with Crippen molar-refractivity contribution in [2.24, 2.45) is 22.9 Å². The van der Waals surface area contributed by atoms with Crippen LogP contribution in [0.1, 0.15) is 67.9 Å². The molecule has 21 heteroatoms. The second-order valence-corrected chi connectivity index (χ2v) is 10.9. The zero-order valence-electron chi connectivity index (χ0n) is 27.7. The van der Waals surface area contributed by atoms with Gasteiger partial charge in [0.2, 0.25) is 12.0 Å². The lowest BCUT2D eigenvalue weighted by atomic mass is 10.1. The van der Waals surface area contributed by atoms with Crippen LogP contribution in [0.15, 0.2) is 45.5 Å². The largest absolute Gasteiger partial charge is 0.480 e. The van der Waals surface area contributed by atoms with E-state index in [4.69, 9.17) is 46.7 Å². The zero-order valence-corrected chi connectivity index (χ0v) is 29.3. The number of hydrogen-bond donors (Lipinski definition) is 6. The Morgan fingerprint density at radius 3 is 2.19 bits per heavy atom. The van der Waals surface area contributed by atoms with E-state index in [1.807, 2.05) is 0 Å². The van der Waals surface area contributed by atoms with Gasteiger partial charge in [-0.15, -0.1) is 0 Å². The van der Waals surface area contributed by atoms with Crippen LogP contribution < -0.4 is 32.7 Å². The first-order valence-corrected chi connectivity index (χ1v) is 15.7. The fourth-order valence-electron chi connectivity index (χ4n) is 3.73. The van der Waals surface area contributed by atoms with Crippen LogP contribution in [-0.2, 0) is 30.0 Å². The quantitative estimate of drug-likeness (QED) is 0.0322. The van der Waals surface area contributed by atoms with E-state index < -0.39 is 71.3 Å². The molecule has 3 aromatic rings. The van der Waals surface area contributed by atoms with Gasteiger partial charge in [-0.1, -0.05) is 26.5 Å². The highest BCUT2D eigenvalue weighted by atomic mass is 79.9. The van der Waals surface area contributed by atoms with Crippen LogP contribution in [0.2, 0.25) is 0 Å². The third-order valence-corrected chi connectivity index (χ3v) is 6.76. The molecular formula is C32H41BrF5N6O9+. The molecule has 0 fully saturated rings. The van der Waals surface area contributed by atoms with Crippen molar-refractivity contribution in [1.82, 2.24) is 4.98 Å². The predicted octanol–water partition coefficient (Wildman–Crippen LogP) is 2.92. The number of aromatic nitrogens is 1. The minimum atomic E-state index is -4.53. The van der Waals surface area contributed by atoms with Crippen molar-refractivity contribution in [2.45, 2.75) is 58.4 Å². The summed E-state index contributed by atoms with van der Waals surface area (Å²) in [7, 11) is 1.31. The Hall–Kier alpha value is -5.31. The number of carbonyl (C=O) groups excluding carboxylic acids is 3. The van der Waals surface area contributed by atoms with E-state index in [1.54, 1.807) is 6.92 Å². The van der Waals surface area contributed by atoms with Gasteiger partial charge in [-0.2, -0.15) is 13.2 Å². The normalized spacial score (nSPS) is 11.5. The van der Waals surface area contributed by atoms with E-state index in [0.29, 0.717) is 32.3 Å². The fourth-order valence-corrected chi connectivity index (χ4v) is 4.22. The molecule has 10 N–H and O–H groups in total. The number of primary amides is 1. The number of rotatable bonds is 15. The third kappa shape index (κ3) is 16.3. The summed E-state index contributed by atoms with van der Waals surface area (Å²) < 4.78 is 87.2. The van der Waals surface area contributed by atoms with Crippen LogP contribution in [-0.4, -0.2) is 66.7 Å². The number of halogens is 6. The number of oxazole rings is 1. The lowest BCUT2D eigenvalue weighted by molar-refractivity contribution is -0.459. The van der Waals surface area contributed by atoms with Crippen LogP contribution in [0, 0.1) is 11.6 Å². The van der Waals surface area contributed by atoms with E-state index in [2.05, 4.69) is 30.6 Å². The second kappa shape index (κ2) is 23.3. The highest BCUT2D eigenvalue weighted by Gasteiger charge is 2.31. The molecule has 0 aliphatic carbocycles. The smallest absolute Gasteiger partial charge is 0.416 e. The first-order valence-electron chi connectivity index (χ1n) is 14.9. The summed E-state index contributed by atoms with van der Waals surface area (Å²) in [6, 6.07) is 4.91. The summed E-state index contributed by atoms with van der Waals surface area (Å²) in [5.41, 5.74) is 18.9. The number of carboxylic acids is 1. The van der Waals surface area contributed by atoms with Gasteiger partial charge in [-0.05, 0) is 59.5 Å². The number of guanidine groups is 1. The Balaban J connectivity index is 0.00000133. The number of esters is 1. The van der Waals surface area contributed by atoms with Crippen LogP contribution in [0.3, 0.4) is 0 Å². The predicted molar refractivity (Wildman–Crippen MR) is 183 cm³/mol. The van der Waals surface area contributed by atoms with Crippen molar-refractivity contribution in [1.29, 1.82) is 0 Å². The number of carboxylic acid groups (broad SMARTS) is 1. The first kappa shape index (κ1) is 47.7. The number of ether oxygens (including phenoxy) is 3. The van der Waals surface area contributed by atoms with Crippen LogP contribution in [0.25, 0.3) is 11.3 Å². The van der Waals surface area contributed by atoms with Crippen LogP contribution in [0.4, 0.5) is 22.0 Å². The van der Waals surface area contributed by atoms with Gasteiger partial charge in [0.05, 0.1) is 19.2 Å². The number of amides is 1. The fraction of sp³-hybridized carbons (Fsp3) is 0.375. The molecule has 0 aliphatic heterocycles. The molecule has 1 aromatic heterocycles. The molecule has 294 valence electrons. The molecule has 53 heavy (non-hydrogen) atoms. The second-order valence-electron chi connectivity index (χ2n) is 10.2. The maximum atomic E-state index is 14.7. The molecule has 1 amide bonds. The number of nitrogens with one attached hydrogen (secondary N) is 1. The number of nitrogens with zero attached hydrogens (tertiary/aromatic N) is 1. The van der Waals surface area contributed by atoms with Gasteiger partial charge < -0.3 is 35.2 Å². The standard InChI is InChI=1S/C23H18BrF5N2O5.C6H14N4O2.C2H4O2.CH4/c1-2-3-16(32)34-10-15(35-14-9-8-13(25)17(18(14)26)21(30)33)22-31-19(20(24)36-22)11-4-6-12(7-5-11)23(27,28)29;7-4(5(11)12)2-1-3-10-6(8)9;1-4-2-3;/h4-9,15H,2-3,10H2,1H3,(H2,30,33);4H,1-3,7H2,(H,11,12)(H4,8,9,10);2H,1H3;1H4/p+1. The molecule has 0 aliphatic rings. The molecule has 1 heterocycles. The van der Waals surface area contributed by atoms with Gasteiger partial charge in [0, 0.05) is 12.0 Å². The van der Waals surface area contributed by atoms with Gasteiger partial charge in [0.15, 0.2) is 16.2 Å². The third-order valence-electron chi connectivity index (χ3n) is 6.22. The van der Waals surface area contributed by atoms with E-state index >= 15 is 0 Å². The van der Waals surface area contributed by atoms with Crippen molar-refractivity contribution in [3.8, 4) is 17.0 Å². The minimum absolute atomic E-state index is 0. The lowest BCUT2D eigenvalue weighted by Gasteiger charge is -2.17. The summed E-state index contributed by atoms with van der Waals surface area (Å²) in [6.45, 7) is 2.15. The number of benzene rings is 2. The molecule has 0 saturated carbocycles. The maximum Gasteiger partial charge on any atom is 0.416 e. The molecular weight excluding hydrogens is 787 g/mol. The molecule has 2 atom stereocenters. The molecule has 0 bridgehead atoms. The van der Waals surface area contributed by atoms with Crippen molar-refractivity contribution in [3.05, 3.63) is 69.7 Å². The summed E-state index contributed by atoms with van der Waals surface area (Å²) >= 11 is 3.13. The highest BCUT2D eigenvalue weighted by molar-refractivity contribution is 9.10. The summed E-state index contributed by atoms with van der Waals surface area (Å²) in [6.07, 6.45) is -4.31. The molecule has 3 rings (SSSR count). The van der Waals surface area contributed by atoms with Gasteiger partial charge in [-0.25, -0.2) is 13.8 Å². The maximum absolute atomic E-state index is 14.7. The topological polar surface area (TPSA) is 260 Å². The van der Waals surface area contributed by atoms with Gasteiger partial charge in [0.1, 0.15) is 29.7 Å². The van der Waals surface area contributed by atoms with Gasteiger partial charge in [0.25, 0.3) is 12.4 Å². The van der Waals surface area contributed by atoms with E-state index in [9.17, 15) is 36.3 Å². The van der Waals surface area contributed by atoms with Gasteiger partial charge in [-0.3, -0.25) is 35.6 Å². The van der Waals surface area contributed by atoms with E-state index in [-0.39, 0.29) is 41.6 Å². The van der Waals surface area contributed by atoms with E-state index in [0.717, 1.165) is 24.3 Å². The first-order chi connectivity index (χ1) is 24.4. The van der Waals surface area contributed by atoms with Crippen molar-refractivity contribution in [2.75, 3.05) is 20.3 Å². The molecule has 0 saturated heterocycles.